The van der Waals surface area contributed by atoms with Crippen molar-refractivity contribution in [3.8, 4) is 11.1 Å². The normalized spacial score (nSPS) is 12.2. The van der Waals surface area contributed by atoms with Gasteiger partial charge in [-0.25, -0.2) is 0 Å². The van der Waals surface area contributed by atoms with Gasteiger partial charge in [0, 0.05) is 57.6 Å². The van der Waals surface area contributed by atoms with Crippen molar-refractivity contribution in [1.29, 1.82) is 0 Å². The van der Waals surface area contributed by atoms with Gasteiger partial charge in [-0.1, -0.05) is 164 Å². The number of rotatable bonds is 8. The fraction of sp³-hybridized carbons (Fsp3) is 0.0370. The van der Waals surface area contributed by atoms with E-state index >= 15 is 0 Å². The predicted molar refractivity (Wildman–Crippen MR) is 248 cm³/mol. The van der Waals surface area contributed by atoms with E-state index in [1.165, 1.54) is 84.6 Å². The average molecular weight is 764 g/mol. The van der Waals surface area contributed by atoms with Gasteiger partial charge in [0.15, 0.2) is 0 Å². The highest BCUT2D eigenvalue weighted by molar-refractivity contribution is 7.27. The smallest absolute Gasteiger partial charge is 0.0561 e. The first kappa shape index (κ1) is 33.8. The maximum absolute atomic E-state index is 2.48. The van der Waals surface area contributed by atoms with Crippen molar-refractivity contribution in [3.05, 3.63) is 223 Å². The lowest BCUT2D eigenvalue weighted by molar-refractivity contribution is 0.811. The van der Waals surface area contributed by atoms with E-state index in [9.17, 15) is 0 Å². The third-order valence-corrected chi connectivity index (χ3v) is 13.9. The zero-order chi connectivity index (χ0) is 37.7. The minimum Gasteiger partial charge on any atom is -0.310 e. The van der Waals surface area contributed by atoms with Crippen LogP contribution in [-0.4, -0.2) is 0 Å². The third-order valence-electron chi connectivity index (χ3n) is 11.5. The maximum Gasteiger partial charge on any atom is 0.0561 e. The summed E-state index contributed by atoms with van der Waals surface area (Å²) in [6, 6.07) is 75.9. The van der Waals surface area contributed by atoms with Crippen molar-refractivity contribution < 1.29 is 0 Å². The highest BCUT2D eigenvalue weighted by Crippen LogP contribution is 2.49. The Morgan fingerprint density at radius 3 is 1.82 bits per heavy atom. The summed E-state index contributed by atoms with van der Waals surface area (Å²) in [5.41, 5.74) is 10.1. The third kappa shape index (κ3) is 5.99. The fourth-order valence-corrected chi connectivity index (χ4v) is 11.2. The number of hydrogen-bond donors (Lipinski definition) is 0. The Labute approximate surface area is 340 Å². The number of hydrogen-bond acceptors (Lipinski definition) is 3. The number of anilines is 3. The van der Waals surface area contributed by atoms with Crippen LogP contribution in [0.5, 0.6) is 0 Å². The number of para-hydroxylation sites is 1. The van der Waals surface area contributed by atoms with Gasteiger partial charge in [-0.15, -0.1) is 22.7 Å². The molecule has 0 fully saturated rings. The molecule has 11 rings (SSSR count). The summed E-state index contributed by atoms with van der Waals surface area (Å²) in [6.45, 7) is 0. The minimum absolute atomic E-state index is 0.228. The Balaban J connectivity index is 1.05. The molecule has 1 nitrogen and oxygen atoms in total. The molecule has 0 saturated carbocycles. The van der Waals surface area contributed by atoms with E-state index in [4.69, 9.17) is 0 Å². The Morgan fingerprint density at radius 2 is 1.02 bits per heavy atom. The van der Waals surface area contributed by atoms with Gasteiger partial charge in [0.2, 0.25) is 0 Å². The Bertz CT molecular complexity index is 3200. The summed E-state index contributed by atoms with van der Waals surface area (Å²) < 4.78 is 5.32. The van der Waals surface area contributed by atoms with Gasteiger partial charge >= 0.3 is 0 Å². The molecular formula is C54H37NS2. The van der Waals surface area contributed by atoms with E-state index in [1.54, 1.807) is 0 Å². The molecule has 0 aliphatic rings. The SMILES string of the molecule is c1ccc(-c2ccc(C(Cc3cccc4c3sc3ccc(N(c5ccccc5)c5cc6ccccc6c6sc7ccccc7c56)cc34)c3ccccc3)cc2)cc1. The first-order valence-corrected chi connectivity index (χ1v) is 21.2. The first-order chi connectivity index (χ1) is 28.3. The van der Waals surface area contributed by atoms with E-state index in [1.807, 2.05) is 22.7 Å². The van der Waals surface area contributed by atoms with Crippen LogP contribution in [0.4, 0.5) is 17.1 Å². The Morgan fingerprint density at radius 1 is 0.404 bits per heavy atom. The van der Waals surface area contributed by atoms with Crippen LogP contribution in [0.3, 0.4) is 0 Å². The van der Waals surface area contributed by atoms with Gasteiger partial charge in [0.1, 0.15) is 0 Å². The van der Waals surface area contributed by atoms with E-state index in [0.29, 0.717) is 0 Å². The predicted octanol–water partition coefficient (Wildman–Crippen LogP) is 16.1. The standard InChI is InChI=1S/C54H37NS2/c1-4-15-36(16-5-1)37-27-29-39(30-28-37)47(38-17-6-2-7-18-38)33-41-20-14-25-45-48-35-43(31-32-51(48)56-53(41)45)55(42-21-8-3-9-22-42)49-34-40-19-10-11-23-44(40)54-52(49)46-24-12-13-26-50(46)57-54/h1-32,34-35,47H,33H2. The largest absolute Gasteiger partial charge is 0.310 e. The molecule has 270 valence electrons. The van der Waals surface area contributed by atoms with Gasteiger partial charge in [-0.2, -0.15) is 0 Å². The summed E-state index contributed by atoms with van der Waals surface area (Å²) >= 11 is 3.82. The van der Waals surface area contributed by atoms with Crippen LogP contribution in [0, 0.1) is 0 Å². The molecule has 57 heavy (non-hydrogen) atoms. The number of thiophene rings is 2. The maximum atomic E-state index is 2.48. The van der Waals surface area contributed by atoms with Crippen molar-refractivity contribution in [2.75, 3.05) is 4.90 Å². The molecule has 3 heteroatoms. The molecule has 2 aromatic heterocycles. The van der Waals surface area contributed by atoms with E-state index < -0.39 is 0 Å². The van der Waals surface area contributed by atoms with Gasteiger partial charge in [-0.3, -0.25) is 0 Å². The molecule has 2 heterocycles. The zero-order valence-electron chi connectivity index (χ0n) is 31.2. The molecule has 0 aliphatic heterocycles. The van der Waals surface area contributed by atoms with Gasteiger partial charge in [-0.05, 0) is 87.5 Å². The van der Waals surface area contributed by atoms with Crippen LogP contribution < -0.4 is 4.90 Å². The summed E-state index contributed by atoms with van der Waals surface area (Å²) in [5, 5.41) is 7.78. The molecule has 0 amide bonds. The minimum atomic E-state index is 0.228. The van der Waals surface area contributed by atoms with E-state index in [2.05, 4.69) is 211 Å². The first-order valence-electron chi connectivity index (χ1n) is 19.6. The van der Waals surface area contributed by atoms with Crippen LogP contribution in [-0.2, 0) is 6.42 Å². The second-order valence-corrected chi connectivity index (χ2v) is 16.9. The van der Waals surface area contributed by atoms with Crippen molar-refractivity contribution in [2.45, 2.75) is 12.3 Å². The fourth-order valence-electron chi connectivity index (χ4n) is 8.74. The molecule has 0 N–H and O–H groups in total. The number of benzene rings is 9. The number of fused-ring (bicyclic) bond motifs is 8. The van der Waals surface area contributed by atoms with Gasteiger partial charge in [0.25, 0.3) is 0 Å². The van der Waals surface area contributed by atoms with Crippen molar-refractivity contribution >= 4 is 90.9 Å². The Hall–Kier alpha value is -6.52. The quantitative estimate of drug-likeness (QED) is 0.149. The monoisotopic (exact) mass is 763 g/mol. The molecule has 1 atom stereocenters. The zero-order valence-corrected chi connectivity index (χ0v) is 32.8. The second-order valence-electron chi connectivity index (χ2n) is 14.8. The van der Waals surface area contributed by atoms with E-state index in [0.717, 1.165) is 17.8 Å². The highest BCUT2D eigenvalue weighted by atomic mass is 32.1. The average Bonchev–Trinajstić information content (AvgIpc) is 3.86. The second kappa shape index (κ2) is 14.2. The van der Waals surface area contributed by atoms with Crippen LogP contribution in [0.1, 0.15) is 22.6 Å². The van der Waals surface area contributed by atoms with Crippen molar-refractivity contribution in [1.82, 2.24) is 0 Å². The molecule has 0 radical (unpaired) electrons. The summed E-state index contributed by atoms with van der Waals surface area (Å²) in [4.78, 5) is 2.48. The van der Waals surface area contributed by atoms with Crippen molar-refractivity contribution in [3.63, 3.8) is 0 Å². The van der Waals surface area contributed by atoms with Crippen LogP contribution in [0.15, 0.2) is 206 Å². The summed E-state index contributed by atoms with van der Waals surface area (Å²) in [5.74, 6) is 0.228. The molecule has 0 aliphatic carbocycles. The molecule has 9 aromatic carbocycles. The topological polar surface area (TPSA) is 3.24 Å². The summed E-state index contributed by atoms with van der Waals surface area (Å²) in [6.07, 6.45) is 0.919. The van der Waals surface area contributed by atoms with Crippen LogP contribution in [0.25, 0.3) is 62.2 Å². The van der Waals surface area contributed by atoms with Gasteiger partial charge < -0.3 is 4.90 Å². The van der Waals surface area contributed by atoms with Crippen molar-refractivity contribution in [2.24, 2.45) is 0 Å². The Kier molecular flexibility index (Phi) is 8.42. The highest BCUT2D eigenvalue weighted by Gasteiger charge is 2.23. The molecule has 0 spiro atoms. The number of nitrogens with zero attached hydrogens (tertiary/aromatic N) is 1. The van der Waals surface area contributed by atoms with Crippen LogP contribution in [0.2, 0.25) is 0 Å². The molecule has 0 saturated heterocycles. The summed E-state index contributed by atoms with van der Waals surface area (Å²) in [7, 11) is 0. The molecule has 0 bridgehead atoms. The lowest BCUT2D eigenvalue weighted by Crippen LogP contribution is -2.10. The van der Waals surface area contributed by atoms with E-state index in [-0.39, 0.29) is 5.92 Å². The lowest BCUT2D eigenvalue weighted by atomic mass is 9.85. The lowest BCUT2D eigenvalue weighted by Gasteiger charge is -2.27. The van der Waals surface area contributed by atoms with Crippen LogP contribution >= 0.6 is 22.7 Å². The molecule has 11 aromatic rings. The van der Waals surface area contributed by atoms with Gasteiger partial charge in [0.05, 0.1) is 5.69 Å². The molecular weight excluding hydrogens is 727 g/mol. The molecule has 1 unspecified atom stereocenters.